The number of halogens is 5. The van der Waals surface area contributed by atoms with Crippen molar-refractivity contribution in [3.63, 3.8) is 0 Å². The van der Waals surface area contributed by atoms with Crippen molar-refractivity contribution in [2.24, 2.45) is 0 Å². The van der Waals surface area contributed by atoms with Crippen LogP contribution >= 0.6 is 11.6 Å². The van der Waals surface area contributed by atoms with E-state index < -0.39 is 28.6 Å². The fourth-order valence-corrected chi connectivity index (χ4v) is 2.06. The van der Waals surface area contributed by atoms with Gasteiger partial charge in [0.25, 0.3) is 0 Å². The van der Waals surface area contributed by atoms with Crippen LogP contribution in [-0.2, 0) is 6.18 Å². The molecule has 0 saturated heterocycles. The summed E-state index contributed by atoms with van der Waals surface area (Å²) in [5, 5.41) is 3.96. The van der Waals surface area contributed by atoms with Crippen molar-refractivity contribution in [2.45, 2.75) is 13.1 Å². The van der Waals surface area contributed by atoms with Crippen molar-refractivity contribution in [3.05, 3.63) is 58.4 Å². The molecule has 122 valence electrons. The minimum Gasteiger partial charge on any atom is -0.308 e. The summed E-state index contributed by atoms with van der Waals surface area (Å²) in [4.78, 5) is 11.8. The summed E-state index contributed by atoms with van der Waals surface area (Å²) in [6, 6.07) is 6.16. The van der Waals surface area contributed by atoms with Crippen molar-refractivity contribution in [1.29, 1.82) is 0 Å². The van der Waals surface area contributed by atoms with E-state index in [1.54, 1.807) is 6.92 Å². The average molecular weight is 347 g/mol. The molecule has 0 heterocycles. The Bertz CT molecular complexity index is 747. The lowest BCUT2D eigenvalue weighted by Gasteiger charge is -2.12. The number of benzene rings is 2. The van der Waals surface area contributed by atoms with Gasteiger partial charge in [0, 0.05) is 5.69 Å². The molecule has 2 amide bonds. The van der Waals surface area contributed by atoms with E-state index >= 15 is 0 Å². The molecule has 0 saturated carbocycles. The van der Waals surface area contributed by atoms with Gasteiger partial charge >= 0.3 is 12.2 Å². The molecule has 0 radical (unpaired) electrons. The van der Waals surface area contributed by atoms with Gasteiger partial charge in [0.2, 0.25) is 0 Å². The topological polar surface area (TPSA) is 41.1 Å². The monoisotopic (exact) mass is 346 g/mol. The van der Waals surface area contributed by atoms with E-state index in [1.807, 2.05) is 0 Å². The predicted molar refractivity (Wildman–Crippen MR) is 80.2 cm³/mol. The maximum Gasteiger partial charge on any atom is 0.417 e. The highest BCUT2D eigenvalue weighted by Gasteiger charge is 2.33. The number of carbonyl (C=O) groups is 1. The number of nitrogens with one attached hydrogen (secondary N) is 2. The highest BCUT2D eigenvalue weighted by Crippen LogP contribution is 2.36. The second kappa shape index (κ2) is 6.45. The van der Waals surface area contributed by atoms with E-state index in [-0.39, 0.29) is 11.4 Å². The molecule has 2 aromatic rings. The summed E-state index contributed by atoms with van der Waals surface area (Å²) < 4.78 is 51.8. The van der Waals surface area contributed by atoms with E-state index in [4.69, 9.17) is 11.6 Å². The highest BCUT2D eigenvalue weighted by atomic mass is 35.5. The third-order valence-corrected chi connectivity index (χ3v) is 3.23. The molecule has 2 aromatic carbocycles. The fourth-order valence-electron chi connectivity index (χ4n) is 1.84. The number of carbonyl (C=O) groups excluding carboxylic acids is 1. The van der Waals surface area contributed by atoms with Crippen molar-refractivity contribution in [1.82, 2.24) is 0 Å². The molecule has 23 heavy (non-hydrogen) atoms. The zero-order valence-corrected chi connectivity index (χ0v) is 12.5. The quantitative estimate of drug-likeness (QED) is 0.697. The lowest BCUT2D eigenvalue weighted by atomic mass is 10.2. The molecule has 0 aliphatic heterocycles. The van der Waals surface area contributed by atoms with E-state index in [9.17, 15) is 22.4 Å². The largest absolute Gasteiger partial charge is 0.417 e. The number of anilines is 2. The van der Waals surface area contributed by atoms with E-state index in [1.165, 1.54) is 24.3 Å². The molecular formula is C15H11ClF4N2O. The first-order valence-electron chi connectivity index (χ1n) is 6.38. The number of rotatable bonds is 2. The van der Waals surface area contributed by atoms with Crippen molar-refractivity contribution in [2.75, 3.05) is 10.6 Å². The van der Waals surface area contributed by atoms with Gasteiger partial charge in [0.15, 0.2) is 0 Å². The smallest absolute Gasteiger partial charge is 0.308 e. The van der Waals surface area contributed by atoms with Gasteiger partial charge in [0.05, 0.1) is 16.3 Å². The van der Waals surface area contributed by atoms with Gasteiger partial charge in [-0.15, -0.1) is 0 Å². The first-order chi connectivity index (χ1) is 10.7. The first-order valence-corrected chi connectivity index (χ1v) is 6.75. The Labute approximate surface area is 134 Å². The third kappa shape index (κ3) is 4.35. The summed E-state index contributed by atoms with van der Waals surface area (Å²) in [7, 11) is 0. The lowest BCUT2D eigenvalue weighted by molar-refractivity contribution is -0.137. The van der Waals surface area contributed by atoms with Crippen molar-refractivity contribution >= 4 is 29.0 Å². The number of aryl methyl sites for hydroxylation is 1. The number of hydrogen-bond donors (Lipinski definition) is 2. The SMILES string of the molecule is Cc1ccc(F)c(NC(=O)Nc2ccc(Cl)c(C(F)(F)F)c2)c1. The molecular weight excluding hydrogens is 336 g/mol. The van der Waals surface area contributed by atoms with E-state index in [0.29, 0.717) is 11.6 Å². The van der Waals surface area contributed by atoms with Crippen LogP contribution in [0.1, 0.15) is 11.1 Å². The summed E-state index contributed by atoms with van der Waals surface area (Å²) in [6.45, 7) is 1.71. The first kappa shape index (κ1) is 17.1. The van der Waals surface area contributed by atoms with Gasteiger partial charge in [-0.3, -0.25) is 0 Å². The molecule has 2 N–H and O–H groups in total. The van der Waals surface area contributed by atoms with Gasteiger partial charge in [-0.05, 0) is 42.8 Å². The Balaban J connectivity index is 2.16. The van der Waals surface area contributed by atoms with Crippen molar-refractivity contribution < 1.29 is 22.4 Å². The van der Waals surface area contributed by atoms with Crippen LogP contribution < -0.4 is 10.6 Å². The summed E-state index contributed by atoms with van der Waals surface area (Å²) >= 11 is 5.49. The Hall–Kier alpha value is -2.28. The van der Waals surface area contributed by atoms with Gasteiger partial charge < -0.3 is 10.6 Å². The number of hydrogen-bond acceptors (Lipinski definition) is 1. The van der Waals surface area contributed by atoms with Crippen LogP contribution in [0.3, 0.4) is 0 Å². The molecule has 0 bridgehead atoms. The summed E-state index contributed by atoms with van der Waals surface area (Å²) in [5.74, 6) is -0.655. The molecule has 8 heteroatoms. The molecule has 0 aromatic heterocycles. The normalized spacial score (nSPS) is 11.2. The van der Waals surface area contributed by atoms with Crippen LogP contribution in [-0.4, -0.2) is 6.03 Å². The minimum absolute atomic E-state index is 0.0764. The summed E-state index contributed by atoms with van der Waals surface area (Å²) in [6.07, 6.45) is -4.64. The Kier molecular flexibility index (Phi) is 4.79. The van der Waals surface area contributed by atoms with Crippen LogP contribution in [0.25, 0.3) is 0 Å². The molecule has 3 nitrogen and oxygen atoms in total. The fraction of sp³-hybridized carbons (Fsp3) is 0.133. The zero-order valence-electron chi connectivity index (χ0n) is 11.8. The molecule has 0 atom stereocenters. The predicted octanol–water partition coefficient (Wildman–Crippen LogP) is 5.45. The molecule has 0 aliphatic carbocycles. The van der Waals surface area contributed by atoms with Gasteiger partial charge in [-0.25, -0.2) is 9.18 Å². The standard InChI is InChI=1S/C15H11ClF4N2O/c1-8-2-5-12(17)13(6-8)22-14(23)21-9-3-4-11(16)10(7-9)15(18,19)20/h2-7H,1H3,(H2,21,22,23). The van der Waals surface area contributed by atoms with Gasteiger partial charge in [-0.2, -0.15) is 13.2 Å². The third-order valence-electron chi connectivity index (χ3n) is 2.90. The van der Waals surface area contributed by atoms with Crippen LogP contribution in [0.5, 0.6) is 0 Å². The molecule has 0 aliphatic rings. The van der Waals surface area contributed by atoms with E-state index in [2.05, 4.69) is 10.6 Å². The number of urea groups is 1. The summed E-state index contributed by atoms with van der Waals surface area (Å²) in [5.41, 5.74) is -0.550. The van der Waals surface area contributed by atoms with E-state index in [0.717, 1.165) is 6.07 Å². The molecule has 0 unspecified atom stereocenters. The van der Waals surface area contributed by atoms with Gasteiger partial charge in [-0.1, -0.05) is 17.7 Å². The van der Waals surface area contributed by atoms with Crippen LogP contribution in [0.15, 0.2) is 36.4 Å². The average Bonchev–Trinajstić information content (AvgIpc) is 2.44. The highest BCUT2D eigenvalue weighted by molar-refractivity contribution is 6.31. The zero-order chi connectivity index (χ0) is 17.2. The van der Waals surface area contributed by atoms with Gasteiger partial charge in [0.1, 0.15) is 5.82 Å². The maximum absolute atomic E-state index is 13.5. The Morgan fingerprint density at radius 3 is 2.43 bits per heavy atom. The number of alkyl halides is 3. The molecule has 0 spiro atoms. The maximum atomic E-state index is 13.5. The number of amides is 2. The second-order valence-electron chi connectivity index (χ2n) is 4.75. The minimum atomic E-state index is -4.64. The van der Waals surface area contributed by atoms with Crippen molar-refractivity contribution in [3.8, 4) is 0 Å². The lowest BCUT2D eigenvalue weighted by Crippen LogP contribution is -2.20. The van der Waals surface area contributed by atoms with Crippen LogP contribution in [0, 0.1) is 12.7 Å². The molecule has 2 rings (SSSR count). The Morgan fingerprint density at radius 2 is 1.78 bits per heavy atom. The van der Waals surface area contributed by atoms with Crippen LogP contribution in [0.4, 0.5) is 33.7 Å². The van der Waals surface area contributed by atoms with Crippen LogP contribution in [0.2, 0.25) is 5.02 Å². The Morgan fingerprint density at radius 1 is 1.09 bits per heavy atom. The molecule has 0 fully saturated rings. The second-order valence-corrected chi connectivity index (χ2v) is 5.16.